The quantitative estimate of drug-likeness (QED) is 0.867. The largest absolute Gasteiger partial charge is 0.348 e. The maximum Gasteiger partial charge on any atom is 0.270 e. The Hall–Kier alpha value is -1.37. The van der Waals surface area contributed by atoms with Crippen LogP contribution in [0, 0.1) is 0 Å². The first kappa shape index (κ1) is 14.6. The molecular weight excluding hydrogens is 290 g/mol. The van der Waals surface area contributed by atoms with Gasteiger partial charge < -0.3 is 5.32 Å². The Bertz CT molecular complexity index is 649. The van der Waals surface area contributed by atoms with E-state index in [9.17, 15) is 13.2 Å². The molecule has 1 fully saturated rings. The summed E-state index contributed by atoms with van der Waals surface area (Å²) in [7, 11) is -1.09. The molecule has 1 amide bonds. The van der Waals surface area contributed by atoms with Crippen molar-refractivity contribution in [3.63, 3.8) is 0 Å². The minimum absolute atomic E-state index is 0.0461. The molecule has 0 bridgehead atoms. The zero-order chi connectivity index (χ0) is 15.0. The van der Waals surface area contributed by atoms with E-state index < -0.39 is 9.84 Å². The highest BCUT2D eigenvalue weighted by Gasteiger charge is 2.28. The van der Waals surface area contributed by atoms with Gasteiger partial charge in [0.2, 0.25) is 0 Å². The molecule has 21 heavy (non-hydrogen) atoms. The molecule has 2 aliphatic rings. The number of sulfone groups is 1. The van der Waals surface area contributed by atoms with Gasteiger partial charge in [0, 0.05) is 18.7 Å². The predicted octanol–water partition coefficient (Wildman–Crippen LogP) is 0.606. The van der Waals surface area contributed by atoms with Crippen molar-refractivity contribution >= 4 is 15.7 Å². The molecule has 1 saturated heterocycles. The molecule has 0 saturated carbocycles. The number of amides is 1. The van der Waals surface area contributed by atoms with Crippen LogP contribution in [0.25, 0.3) is 0 Å². The second-order valence-corrected chi connectivity index (χ2v) is 8.31. The summed E-state index contributed by atoms with van der Waals surface area (Å²) >= 11 is 0. The fourth-order valence-corrected chi connectivity index (χ4v) is 4.74. The Labute approximate surface area is 124 Å². The molecule has 7 heteroatoms. The van der Waals surface area contributed by atoms with Crippen LogP contribution in [0.3, 0.4) is 0 Å². The van der Waals surface area contributed by atoms with Crippen LogP contribution in [0.2, 0.25) is 0 Å². The maximum atomic E-state index is 12.5. The lowest BCUT2D eigenvalue weighted by Crippen LogP contribution is -2.41. The molecule has 2 heterocycles. The fourth-order valence-electron chi connectivity index (χ4n) is 3.25. The number of nitrogens with zero attached hydrogens (tertiary/aromatic N) is 2. The smallest absolute Gasteiger partial charge is 0.270 e. The van der Waals surface area contributed by atoms with E-state index in [0.717, 1.165) is 36.9 Å². The Kier molecular flexibility index (Phi) is 3.77. The van der Waals surface area contributed by atoms with Crippen LogP contribution in [0.1, 0.15) is 47.4 Å². The Morgan fingerprint density at radius 3 is 2.62 bits per heavy atom. The number of carbonyl (C=O) groups is 1. The van der Waals surface area contributed by atoms with Gasteiger partial charge >= 0.3 is 0 Å². The molecular formula is C14H21N3O3S. The first-order valence-electron chi connectivity index (χ1n) is 7.52. The van der Waals surface area contributed by atoms with Gasteiger partial charge in [0.05, 0.1) is 17.2 Å². The SMILES string of the molecule is Cn1nc2c(c1C(=O)NC1CCS(=O)(=O)CC1)CCCC2. The van der Waals surface area contributed by atoms with Gasteiger partial charge in [-0.15, -0.1) is 0 Å². The van der Waals surface area contributed by atoms with E-state index in [2.05, 4.69) is 10.4 Å². The highest BCUT2D eigenvalue weighted by atomic mass is 32.2. The topological polar surface area (TPSA) is 81.1 Å². The lowest BCUT2D eigenvalue weighted by molar-refractivity contribution is 0.0923. The van der Waals surface area contributed by atoms with Crippen LogP contribution in [0.15, 0.2) is 0 Å². The van der Waals surface area contributed by atoms with E-state index in [0.29, 0.717) is 18.5 Å². The number of hydrogen-bond acceptors (Lipinski definition) is 4. The van der Waals surface area contributed by atoms with Crippen molar-refractivity contribution in [1.29, 1.82) is 0 Å². The third-order valence-corrected chi connectivity index (χ3v) is 6.14. The van der Waals surface area contributed by atoms with Gasteiger partial charge in [0.25, 0.3) is 5.91 Å². The zero-order valence-electron chi connectivity index (χ0n) is 12.3. The monoisotopic (exact) mass is 311 g/mol. The molecule has 1 aromatic rings. The van der Waals surface area contributed by atoms with Crippen molar-refractivity contribution in [2.45, 2.75) is 44.6 Å². The summed E-state index contributed by atoms with van der Waals surface area (Å²) in [5.41, 5.74) is 2.77. The van der Waals surface area contributed by atoms with Gasteiger partial charge in [0.1, 0.15) is 15.5 Å². The van der Waals surface area contributed by atoms with Gasteiger partial charge in [-0.3, -0.25) is 9.48 Å². The standard InChI is InChI=1S/C14H21N3O3S/c1-17-13(11-4-2-3-5-12(11)16-17)14(18)15-10-6-8-21(19,20)9-7-10/h10H,2-9H2,1H3,(H,15,18). The van der Waals surface area contributed by atoms with E-state index in [4.69, 9.17) is 0 Å². The fraction of sp³-hybridized carbons (Fsp3) is 0.714. The highest BCUT2D eigenvalue weighted by Crippen LogP contribution is 2.24. The van der Waals surface area contributed by atoms with Crippen molar-refractivity contribution in [1.82, 2.24) is 15.1 Å². The number of fused-ring (bicyclic) bond motifs is 1. The summed E-state index contributed by atoms with van der Waals surface area (Å²) in [5, 5.41) is 7.43. The Morgan fingerprint density at radius 2 is 1.90 bits per heavy atom. The van der Waals surface area contributed by atoms with E-state index in [1.54, 1.807) is 11.7 Å². The number of aryl methyl sites for hydroxylation is 2. The molecule has 0 radical (unpaired) electrons. The molecule has 1 aliphatic carbocycles. The highest BCUT2D eigenvalue weighted by molar-refractivity contribution is 7.91. The van der Waals surface area contributed by atoms with Gasteiger partial charge in [-0.05, 0) is 38.5 Å². The van der Waals surface area contributed by atoms with Crippen LogP contribution in [0.5, 0.6) is 0 Å². The molecule has 3 rings (SSSR count). The van der Waals surface area contributed by atoms with Crippen LogP contribution in [-0.2, 0) is 29.7 Å². The van der Waals surface area contributed by atoms with Crippen LogP contribution >= 0.6 is 0 Å². The average Bonchev–Trinajstić information content (AvgIpc) is 2.77. The van der Waals surface area contributed by atoms with Crippen molar-refractivity contribution in [2.24, 2.45) is 7.05 Å². The maximum absolute atomic E-state index is 12.5. The van der Waals surface area contributed by atoms with E-state index in [1.807, 2.05) is 0 Å². The van der Waals surface area contributed by atoms with Crippen molar-refractivity contribution in [2.75, 3.05) is 11.5 Å². The molecule has 0 aromatic carbocycles. The molecule has 116 valence electrons. The Balaban J connectivity index is 1.73. The van der Waals surface area contributed by atoms with Gasteiger partial charge in [-0.2, -0.15) is 5.10 Å². The summed E-state index contributed by atoms with van der Waals surface area (Å²) in [6.07, 6.45) is 5.09. The van der Waals surface area contributed by atoms with Crippen molar-refractivity contribution < 1.29 is 13.2 Å². The number of nitrogens with one attached hydrogen (secondary N) is 1. The van der Waals surface area contributed by atoms with E-state index in [1.165, 1.54) is 0 Å². The summed E-state index contributed by atoms with van der Waals surface area (Å²) in [6, 6.07) is -0.0461. The lowest BCUT2D eigenvalue weighted by Gasteiger charge is -2.23. The summed E-state index contributed by atoms with van der Waals surface area (Å²) in [5.74, 6) is 0.223. The average molecular weight is 311 g/mol. The number of aromatic nitrogens is 2. The van der Waals surface area contributed by atoms with Gasteiger partial charge in [-0.1, -0.05) is 0 Å². The predicted molar refractivity (Wildman–Crippen MR) is 79.0 cm³/mol. The first-order chi connectivity index (χ1) is 9.96. The molecule has 1 aromatic heterocycles. The van der Waals surface area contributed by atoms with Crippen molar-refractivity contribution in [3.8, 4) is 0 Å². The molecule has 0 atom stereocenters. The van der Waals surface area contributed by atoms with Crippen LogP contribution < -0.4 is 5.32 Å². The normalized spacial score (nSPS) is 21.8. The summed E-state index contributed by atoms with van der Waals surface area (Å²) in [6.45, 7) is 0. The molecule has 1 N–H and O–H groups in total. The lowest BCUT2D eigenvalue weighted by atomic mass is 9.95. The molecule has 0 unspecified atom stereocenters. The van der Waals surface area contributed by atoms with Crippen LogP contribution in [0.4, 0.5) is 0 Å². The Morgan fingerprint density at radius 1 is 1.24 bits per heavy atom. The van der Waals surface area contributed by atoms with E-state index in [-0.39, 0.29) is 23.5 Å². The van der Waals surface area contributed by atoms with Crippen molar-refractivity contribution in [3.05, 3.63) is 17.0 Å². The van der Waals surface area contributed by atoms with Crippen LogP contribution in [-0.4, -0.2) is 41.7 Å². The minimum atomic E-state index is -2.90. The third-order valence-electron chi connectivity index (χ3n) is 4.42. The molecule has 6 nitrogen and oxygen atoms in total. The first-order valence-corrected chi connectivity index (χ1v) is 9.34. The zero-order valence-corrected chi connectivity index (χ0v) is 13.1. The second-order valence-electron chi connectivity index (χ2n) is 6.00. The van der Waals surface area contributed by atoms with Gasteiger partial charge in [-0.25, -0.2) is 8.42 Å². The number of carbonyl (C=O) groups excluding carboxylic acids is 1. The van der Waals surface area contributed by atoms with Gasteiger partial charge in [0.15, 0.2) is 0 Å². The molecule has 0 spiro atoms. The summed E-state index contributed by atoms with van der Waals surface area (Å²) < 4.78 is 24.5. The van der Waals surface area contributed by atoms with E-state index >= 15 is 0 Å². The number of rotatable bonds is 2. The number of hydrogen-bond donors (Lipinski definition) is 1. The molecule has 1 aliphatic heterocycles. The third kappa shape index (κ3) is 2.97. The second kappa shape index (κ2) is 5.44. The summed E-state index contributed by atoms with van der Waals surface area (Å²) in [4.78, 5) is 12.5. The minimum Gasteiger partial charge on any atom is -0.348 e.